The maximum absolute atomic E-state index is 6.10. The van der Waals surface area contributed by atoms with Crippen molar-refractivity contribution in [1.82, 2.24) is 4.90 Å². The first kappa shape index (κ1) is 15.3. The van der Waals surface area contributed by atoms with Crippen LogP contribution in [0.1, 0.15) is 18.9 Å². The van der Waals surface area contributed by atoms with Gasteiger partial charge in [0.2, 0.25) is 0 Å². The maximum atomic E-state index is 6.10. The zero-order valence-electron chi connectivity index (χ0n) is 12.0. The fourth-order valence-corrected chi connectivity index (χ4v) is 3.06. The average molecular weight is 291 g/mol. The molecule has 1 aliphatic rings. The molecule has 0 aromatic heterocycles. The monoisotopic (exact) mass is 290 g/mol. The van der Waals surface area contributed by atoms with E-state index < -0.39 is 0 Å². The molecule has 2 N–H and O–H groups in total. The average Bonchev–Trinajstić information content (AvgIpc) is 2.43. The molecule has 20 heavy (non-hydrogen) atoms. The van der Waals surface area contributed by atoms with E-state index in [1.165, 1.54) is 16.3 Å². The molecule has 0 bridgehead atoms. The minimum Gasteiger partial charge on any atom is -0.327 e. The minimum absolute atomic E-state index is 0. The third-order valence-electron chi connectivity index (χ3n) is 4.33. The molecule has 0 aliphatic carbocycles. The predicted octanol–water partition coefficient (Wildman–Crippen LogP) is 3.43. The lowest BCUT2D eigenvalue weighted by Crippen LogP contribution is -2.45. The number of hydrogen-bond acceptors (Lipinski definition) is 2. The lowest BCUT2D eigenvalue weighted by atomic mass is 9.94. The van der Waals surface area contributed by atoms with Crippen LogP contribution in [0.5, 0.6) is 0 Å². The molecule has 2 aromatic carbocycles. The van der Waals surface area contributed by atoms with Gasteiger partial charge in [-0.05, 0) is 35.2 Å². The standard InChI is InChI=1S/C17H22N2.ClH/c1-13-11-19(10-9-17(13)18)12-15-7-4-6-14-5-2-3-8-16(14)15;/h2-8,13,17H,9-12,18H2,1H3;1H. The Bertz CT molecular complexity index is 564. The molecular weight excluding hydrogens is 268 g/mol. The highest BCUT2D eigenvalue weighted by atomic mass is 35.5. The van der Waals surface area contributed by atoms with Crippen molar-refractivity contribution in [3.8, 4) is 0 Å². The number of likely N-dealkylation sites (tertiary alicyclic amines) is 1. The van der Waals surface area contributed by atoms with Crippen molar-refractivity contribution < 1.29 is 0 Å². The number of nitrogens with two attached hydrogens (primary N) is 1. The van der Waals surface area contributed by atoms with Gasteiger partial charge in [-0.25, -0.2) is 0 Å². The zero-order chi connectivity index (χ0) is 13.2. The van der Waals surface area contributed by atoms with Gasteiger partial charge in [0.15, 0.2) is 0 Å². The van der Waals surface area contributed by atoms with Gasteiger partial charge in [0, 0.05) is 19.1 Å². The van der Waals surface area contributed by atoms with Crippen molar-refractivity contribution in [3.63, 3.8) is 0 Å². The van der Waals surface area contributed by atoms with E-state index in [4.69, 9.17) is 5.73 Å². The molecule has 0 saturated carbocycles. The Kier molecular flexibility index (Phi) is 5.03. The third kappa shape index (κ3) is 3.14. The highest BCUT2D eigenvalue weighted by Crippen LogP contribution is 2.22. The van der Waals surface area contributed by atoms with Crippen LogP contribution in [0.2, 0.25) is 0 Å². The van der Waals surface area contributed by atoms with Crippen LogP contribution < -0.4 is 5.73 Å². The quantitative estimate of drug-likeness (QED) is 0.918. The van der Waals surface area contributed by atoms with E-state index in [1.807, 2.05) is 0 Å². The molecule has 2 atom stereocenters. The summed E-state index contributed by atoms with van der Waals surface area (Å²) in [5, 5.41) is 2.72. The smallest absolute Gasteiger partial charge is 0.0240 e. The molecule has 3 rings (SSSR count). The zero-order valence-corrected chi connectivity index (χ0v) is 12.8. The van der Waals surface area contributed by atoms with Crippen LogP contribution in [0.4, 0.5) is 0 Å². The summed E-state index contributed by atoms with van der Waals surface area (Å²) in [7, 11) is 0. The van der Waals surface area contributed by atoms with E-state index in [0.717, 1.165) is 26.1 Å². The van der Waals surface area contributed by atoms with Crippen molar-refractivity contribution in [2.24, 2.45) is 11.7 Å². The second-order valence-corrected chi connectivity index (χ2v) is 5.80. The molecule has 108 valence electrons. The SMILES string of the molecule is CC1CN(Cc2cccc3ccccc23)CCC1N.Cl. The molecule has 0 spiro atoms. The summed E-state index contributed by atoms with van der Waals surface area (Å²) in [6.07, 6.45) is 1.12. The molecule has 0 radical (unpaired) electrons. The molecule has 1 saturated heterocycles. The summed E-state index contributed by atoms with van der Waals surface area (Å²) in [5.74, 6) is 0.601. The van der Waals surface area contributed by atoms with Gasteiger partial charge in [0.25, 0.3) is 0 Å². The molecule has 1 heterocycles. The van der Waals surface area contributed by atoms with E-state index in [9.17, 15) is 0 Å². The number of hydrogen-bond donors (Lipinski definition) is 1. The van der Waals surface area contributed by atoms with Crippen molar-refractivity contribution >= 4 is 23.2 Å². The first-order valence-electron chi connectivity index (χ1n) is 7.18. The number of piperidine rings is 1. The molecular formula is C17H23ClN2. The predicted molar refractivity (Wildman–Crippen MR) is 88.2 cm³/mol. The van der Waals surface area contributed by atoms with E-state index in [-0.39, 0.29) is 12.4 Å². The molecule has 2 unspecified atom stereocenters. The summed E-state index contributed by atoms with van der Waals surface area (Å²) >= 11 is 0. The van der Waals surface area contributed by atoms with E-state index in [2.05, 4.69) is 54.3 Å². The first-order chi connectivity index (χ1) is 9.24. The van der Waals surface area contributed by atoms with Crippen molar-refractivity contribution in [3.05, 3.63) is 48.0 Å². The van der Waals surface area contributed by atoms with Crippen LogP contribution >= 0.6 is 12.4 Å². The summed E-state index contributed by atoms with van der Waals surface area (Å²) in [6.45, 7) is 5.54. The molecule has 2 nitrogen and oxygen atoms in total. The lowest BCUT2D eigenvalue weighted by Gasteiger charge is -2.35. The van der Waals surface area contributed by atoms with E-state index in [1.54, 1.807) is 0 Å². The Hall–Kier alpha value is -1.09. The number of rotatable bonds is 2. The lowest BCUT2D eigenvalue weighted by molar-refractivity contribution is 0.158. The Labute approximate surface area is 127 Å². The van der Waals surface area contributed by atoms with Gasteiger partial charge < -0.3 is 5.73 Å². The number of nitrogens with zero attached hydrogens (tertiary/aromatic N) is 1. The van der Waals surface area contributed by atoms with Crippen molar-refractivity contribution in [1.29, 1.82) is 0 Å². The van der Waals surface area contributed by atoms with Gasteiger partial charge in [-0.2, -0.15) is 0 Å². The van der Waals surface area contributed by atoms with Crippen molar-refractivity contribution in [2.45, 2.75) is 25.9 Å². The Balaban J connectivity index is 0.00000147. The number of benzene rings is 2. The van der Waals surface area contributed by atoms with Crippen LogP contribution in [0.25, 0.3) is 10.8 Å². The minimum atomic E-state index is 0. The summed E-state index contributed by atoms with van der Waals surface area (Å²) in [5.41, 5.74) is 7.53. The first-order valence-corrected chi connectivity index (χ1v) is 7.18. The van der Waals surface area contributed by atoms with Gasteiger partial charge >= 0.3 is 0 Å². The fourth-order valence-electron chi connectivity index (χ4n) is 3.06. The van der Waals surface area contributed by atoms with Crippen LogP contribution in [-0.4, -0.2) is 24.0 Å². The van der Waals surface area contributed by atoms with Crippen LogP contribution in [0.15, 0.2) is 42.5 Å². The maximum Gasteiger partial charge on any atom is 0.0240 e. The highest BCUT2D eigenvalue weighted by Gasteiger charge is 2.23. The highest BCUT2D eigenvalue weighted by molar-refractivity contribution is 5.85. The molecule has 3 heteroatoms. The number of fused-ring (bicyclic) bond motifs is 1. The van der Waals surface area contributed by atoms with Crippen LogP contribution in [0, 0.1) is 5.92 Å². The van der Waals surface area contributed by atoms with E-state index >= 15 is 0 Å². The van der Waals surface area contributed by atoms with Crippen LogP contribution in [0.3, 0.4) is 0 Å². The van der Waals surface area contributed by atoms with Gasteiger partial charge in [0.05, 0.1) is 0 Å². The normalized spacial score (nSPS) is 23.5. The summed E-state index contributed by atoms with van der Waals surface area (Å²) in [6, 6.07) is 15.6. The van der Waals surface area contributed by atoms with Crippen LogP contribution in [-0.2, 0) is 6.54 Å². The third-order valence-corrected chi connectivity index (χ3v) is 4.33. The van der Waals surface area contributed by atoms with Gasteiger partial charge in [0.1, 0.15) is 0 Å². The van der Waals surface area contributed by atoms with Crippen molar-refractivity contribution in [2.75, 3.05) is 13.1 Å². The Morgan fingerprint density at radius 1 is 1.15 bits per heavy atom. The van der Waals surface area contributed by atoms with E-state index in [0.29, 0.717) is 12.0 Å². The van der Waals surface area contributed by atoms with Gasteiger partial charge in [-0.15, -0.1) is 12.4 Å². The summed E-state index contributed by atoms with van der Waals surface area (Å²) < 4.78 is 0. The molecule has 0 amide bonds. The second kappa shape index (κ2) is 6.57. The largest absolute Gasteiger partial charge is 0.327 e. The van der Waals surface area contributed by atoms with Gasteiger partial charge in [-0.3, -0.25) is 4.90 Å². The second-order valence-electron chi connectivity index (χ2n) is 5.80. The number of halogens is 1. The molecule has 1 aliphatic heterocycles. The molecule has 2 aromatic rings. The Morgan fingerprint density at radius 2 is 1.90 bits per heavy atom. The summed E-state index contributed by atoms with van der Waals surface area (Å²) in [4.78, 5) is 2.54. The molecule has 1 fully saturated rings. The Morgan fingerprint density at radius 3 is 2.70 bits per heavy atom. The fraction of sp³-hybridized carbons (Fsp3) is 0.412. The van der Waals surface area contributed by atoms with Gasteiger partial charge in [-0.1, -0.05) is 49.4 Å². The topological polar surface area (TPSA) is 29.3 Å².